The molecule has 0 radical (unpaired) electrons. The maximum atomic E-state index is 4.53. The van der Waals surface area contributed by atoms with Crippen LogP contribution in [0.1, 0.15) is 12.8 Å². The van der Waals surface area contributed by atoms with E-state index in [1.165, 1.54) is 18.7 Å². The van der Waals surface area contributed by atoms with Gasteiger partial charge in [-0.15, -0.1) is 0 Å². The van der Waals surface area contributed by atoms with Crippen molar-refractivity contribution < 1.29 is 0 Å². The van der Waals surface area contributed by atoms with Crippen LogP contribution in [0.3, 0.4) is 0 Å². The molecule has 1 fully saturated rings. The first kappa shape index (κ1) is 10.5. The summed E-state index contributed by atoms with van der Waals surface area (Å²) in [6, 6.07) is 1.85. The van der Waals surface area contributed by atoms with Gasteiger partial charge in [0.25, 0.3) is 0 Å². The lowest BCUT2D eigenvalue weighted by Gasteiger charge is -2.32. The highest BCUT2D eigenvalue weighted by molar-refractivity contribution is 5.86. The van der Waals surface area contributed by atoms with Gasteiger partial charge in [0, 0.05) is 37.9 Å². The molecule has 3 rings (SSSR count). The van der Waals surface area contributed by atoms with Crippen LogP contribution in [-0.4, -0.2) is 42.0 Å². The molecule has 0 amide bonds. The molecule has 0 aromatic carbocycles. The maximum Gasteiger partial charge on any atom is 0.225 e. The van der Waals surface area contributed by atoms with E-state index in [-0.39, 0.29) is 0 Å². The predicted octanol–water partition coefficient (Wildman–Crippen LogP) is 0.695. The molecule has 0 bridgehead atoms. The summed E-state index contributed by atoms with van der Waals surface area (Å²) in [4.78, 5) is 15.4. The highest BCUT2D eigenvalue weighted by atomic mass is 15.3. The van der Waals surface area contributed by atoms with E-state index >= 15 is 0 Å². The van der Waals surface area contributed by atoms with Crippen molar-refractivity contribution in [1.29, 1.82) is 0 Å². The predicted molar refractivity (Wildman–Crippen MR) is 67.3 cm³/mol. The van der Waals surface area contributed by atoms with Gasteiger partial charge in [0.1, 0.15) is 5.84 Å². The van der Waals surface area contributed by atoms with Crippen LogP contribution in [0.5, 0.6) is 0 Å². The molecule has 2 aliphatic rings. The molecule has 1 saturated heterocycles. The lowest BCUT2D eigenvalue weighted by molar-refractivity contribution is 0.494. The van der Waals surface area contributed by atoms with E-state index in [0.717, 1.165) is 32.1 Å². The van der Waals surface area contributed by atoms with Crippen molar-refractivity contribution in [3.05, 3.63) is 18.5 Å². The number of hydrogen-bond acceptors (Lipinski definition) is 5. The van der Waals surface area contributed by atoms with Crippen LogP contribution in [0.25, 0.3) is 0 Å². The van der Waals surface area contributed by atoms with Gasteiger partial charge in [-0.05, 0) is 18.9 Å². The Morgan fingerprint density at radius 1 is 1.29 bits per heavy atom. The van der Waals surface area contributed by atoms with Gasteiger partial charge in [0.15, 0.2) is 0 Å². The summed E-state index contributed by atoms with van der Waals surface area (Å²) in [7, 11) is 0. The second kappa shape index (κ2) is 4.69. The Hall–Kier alpha value is -1.65. The van der Waals surface area contributed by atoms with Crippen LogP contribution in [0, 0.1) is 5.92 Å². The van der Waals surface area contributed by atoms with Crippen LogP contribution in [0.2, 0.25) is 0 Å². The Kier molecular flexibility index (Phi) is 2.90. The minimum Gasteiger partial charge on any atom is -0.372 e. The summed E-state index contributed by atoms with van der Waals surface area (Å²) in [5.74, 6) is 2.55. The van der Waals surface area contributed by atoms with Crippen LogP contribution in [-0.2, 0) is 0 Å². The van der Waals surface area contributed by atoms with Gasteiger partial charge in [0.05, 0.1) is 6.54 Å². The number of amidine groups is 1. The van der Waals surface area contributed by atoms with E-state index in [9.17, 15) is 0 Å². The fraction of sp³-hybridized carbons (Fsp3) is 0.583. The zero-order chi connectivity index (χ0) is 11.5. The third-order valence-electron chi connectivity index (χ3n) is 3.34. The SMILES string of the molecule is c1cnc(N2CCCC(C3=NCCN3)C2)nc1. The average molecular weight is 231 g/mol. The van der Waals surface area contributed by atoms with Crippen molar-refractivity contribution in [3.63, 3.8) is 0 Å². The van der Waals surface area contributed by atoms with Gasteiger partial charge in [-0.3, -0.25) is 4.99 Å². The van der Waals surface area contributed by atoms with Gasteiger partial charge in [-0.2, -0.15) is 0 Å². The van der Waals surface area contributed by atoms with Crippen molar-refractivity contribution in [2.75, 3.05) is 31.1 Å². The Bertz CT molecular complexity index is 403. The Morgan fingerprint density at radius 2 is 2.18 bits per heavy atom. The second-order valence-corrected chi connectivity index (χ2v) is 4.53. The standard InChI is InChI=1S/C12H17N5/c1-3-10(11-13-6-7-14-11)9-17(8-1)12-15-4-2-5-16-12/h2,4-5,10H,1,3,6-9H2,(H,13,14). The number of piperidine rings is 1. The molecule has 5 heteroatoms. The molecule has 2 aliphatic heterocycles. The summed E-state index contributed by atoms with van der Waals surface area (Å²) in [5.41, 5.74) is 0. The van der Waals surface area contributed by atoms with Gasteiger partial charge in [-0.1, -0.05) is 0 Å². The van der Waals surface area contributed by atoms with Crippen LogP contribution >= 0.6 is 0 Å². The monoisotopic (exact) mass is 231 g/mol. The summed E-state index contributed by atoms with van der Waals surface area (Å²) < 4.78 is 0. The van der Waals surface area contributed by atoms with E-state index < -0.39 is 0 Å². The van der Waals surface area contributed by atoms with E-state index in [1.54, 1.807) is 12.4 Å². The quantitative estimate of drug-likeness (QED) is 0.814. The van der Waals surface area contributed by atoms with Crippen molar-refractivity contribution in [2.45, 2.75) is 12.8 Å². The van der Waals surface area contributed by atoms with Gasteiger partial charge in [0.2, 0.25) is 5.95 Å². The Labute approximate surface area is 101 Å². The largest absolute Gasteiger partial charge is 0.372 e. The minimum atomic E-state index is 0.523. The van der Waals surface area contributed by atoms with Crippen LogP contribution in [0.4, 0.5) is 5.95 Å². The summed E-state index contributed by atoms with van der Waals surface area (Å²) >= 11 is 0. The molecule has 1 atom stereocenters. The number of hydrogen-bond donors (Lipinski definition) is 1. The van der Waals surface area contributed by atoms with Crippen molar-refractivity contribution in [3.8, 4) is 0 Å². The first-order chi connectivity index (χ1) is 8.43. The molecule has 0 aliphatic carbocycles. The fourth-order valence-corrected chi connectivity index (χ4v) is 2.53. The zero-order valence-electron chi connectivity index (χ0n) is 9.84. The number of nitrogens with one attached hydrogen (secondary N) is 1. The lowest BCUT2D eigenvalue weighted by Crippen LogP contribution is -2.42. The molecule has 1 unspecified atom stereocenters. The van der Waals surface area contributed by atoms with Gasteiger partial charge in [-0.25, -0.2) is 9.97 Å². The number of aromatic nitrogens is 2. The van der Waals surface area contributed by atoms with Crippen molar-refractivity contribution in [1.82, 2.24) is 15.3 Å². The average Bonchev–Trinajstić information content (AvgIpc) is 2.94. The minimum absolute atomic E-state index is 0.523. The first-order valence-corrected chi connectivity index (χ1v) is 6.23. The van der Waals surface area contributed by atoms with E-state index in [1.807, 2.05) is 6.07 Å². The summed E-state index contributed by atoms with van der Waals surface area (Å²) in [6.07, 6.45) is 6.01. The van der Waals surface area contributed by atoms with Crippen molar-refractivity contribution >= 4 is 11.8 Å². The fourth-order valence-electron chi connectivity index (χ4n) is 2.53. The molecular weight excluding hydrogens is 214 g/mol. The highest BCUT2D eigenvalue weighted by Gasteiger charge is 2.26. The van der Waals surface area contributed by atoms with Gasteiger partial charge >= 0.3 is 0 Å². The molecule has 1 aromatic heterocycles. The van der Waals surface area contributed by atoms with E-state index in [4.69, 9.17) is 0 Å². The Balaban J connectivity index is 1.71. The van der Waals surface area contributed by atoms with Gasteiger partial charge < -0.3 is 10.2 Å². The normalized spacial score (nSPS) is 24.4. The second-order valence-electron chi connectivity index (χ2n) is 4.53. The molecule has 1 aromatic rings. The summed E-state index contributed by atoms with van der Waals surface area (Å²) in [6.45, 7) is 3.95. The van der Waals surface area contributed by atoms with Crippen LogP contribution < -0.4 is 10.2 Å². The number of nitrogens with zero attached hydrogens (tertiary/aromatic N) is 4. The van der Waals surface area contributed by atoms with E-state index in [2.05, 4.69) is 25.2 Å². The summed E-state index contributed by atoms with van der Waals surface area (Å²) in [5, 5.41) is 3.38. The Morgan fingerprint density at radius 3 is 2.94 bits per heavy atom. The molecular formula is C12H17N5. The molecule has 1 N–H and O–H groups in total. The number of rotatable bonds is 2. The molecule has 0 saturated carbocycles. The molecule has 17 heavy (non-hydrogen) atoms. The number of aliphatic imine (C=N–C) groups is 1. The highest BCUT2D eigenvalue weighted by Crippen LogP contribution is 2.21. The molecule has 0 spiro atoms. The van der Waals surface area contributed by atoms with Crippen molar-refractivity contribution in [2.24, 2.45) is 10.9 Å². The van der Waals surface area contributed by atoms with E-state index in [0.29, 0.717) is 5.92 Å². The molecule has 3 heterocycles. The maximum absolute atomic E-state index is 4.53. The first-order valence-electron chi connectivity index (χ1n) is 6.23. The molecule has 5 nitrogen and oxygen atoms in total. The molecule has 90 valence electrons. The third-order valence-corrected chi connectivity index (χ3v) is 3.34. The lowest BCUT2D eigenvalue weighted by atomic mass is 9.97. The zero-order valence-corrected chi connectivity index (χ0v) is 9.84. The van der Waals surface area contributed by atoms with Crippen LogP contribution in [0.15, 0.2) is 23.5 Å². The topological polar surface area (TPSA) is 53.4 Å². The smallest absolute Gasteiger partial charge is 0.225 e. The number of anilines is 1. The third kappa shape index (κ3) is 2.23.